The van der Waals surface area contributed by atoms with Crippen molar-refractivity contribution in [3.05, 3.63) is 75.4 Å². The van der Waals surface area contributed by atoms with Gasteiger partial charge in [-0.2, -0.15) is 9.97 Å². The molecule has 5 aliphatic rings. The number of halogens is 3. The zero-order valence-corrected chi connectivity index (χ0v) is 32.4. The number of anilines is 1. The summed E-state index contributed by atoms with van der Waals surface area (Å²) in [5.41, 5.74) is 0.317. The minimum Gasteiger partial charge on any atom is -0.461 e. The Morgan fingerprint density at radius 2 is 1.88 bits per heavy atom. The fraction of sp³-hybridized carbons (Fsp3) is 0.500. The van der Waals surface area contributed by atoms with Crippen molar-refractivity contribution in [3.63, 3.8) is 0 Å². The molecule has 5 atom stereocenters. The average molecular weight is 779 g/mol. The Kier molecular flexibility index (Phi) is 8.50. The maximum Gasteiger partial charge on any atom is 0.519 e. The summed E-state index contributed by atoms with van der Waals surface area (Å²) in [6.07, 6.45) is 11.0. The Labute approximate surface area is 328 Å². The van der Waals surface area contributed by atoms with Crippen LogP contribution < -0.4 is 15.5 Å². The van der Waals surface area contributed by atoms with Crippen molar-refractivity contribution in [2.45, 2.75) is 114 Å². The van der Waals surface area contributed by atoms with Gasteiger partial charge in [-0.05, 0) is 62.9 Å². The molecule has 10 rings (SSSR count). The Hall–Kier alpha value is -4.93. The molecular weight excluding hydrogens is 734 g/mol. The van der Waals surface area contributed by atoms with E-state index in [1.54, 1.807) is 18.2 Å². The number of benzene rings is 2. The van der Waals surface area contributed by atoms with E-state index in [-0.39, 0.29) is 47.5 Å². The third kappa shape index (κ3) is 5.84. The molecule has 0 unspecified atom stereocenters. The normalized spacial score (nSPS) is 26.1. The van der Waals surface area contributed by atoms with Crippen molar-refractivity contribution in [3.8, 4) is 29.6 Å². The topological polar surface area (TPSA) is 101 Å². The maximum absolute atomic E-state index is 17.5. The minimum absolute atomic E-state index is 0.00701. The van der Waals surface area contributed by atoms with Gasteiger partial charge in [-0.15, -0.1) is 6.42 Å². The predicted molar refractivity (Wildman–Crippen MR) is 209 cm³/mol. The number of nitrogens with zero attached hydrogens (tertiary/aromatic N) is 6. The molecule has 5 aromatic rings. The van der Waals surface area contributed by atoms with Crippen molar-refractivity contribution < 1.29 is 26.7 Å². The molecule has 0 spiro atoms. The van der Waals surface area contributed by atoms with Crippen LogP contribution in [0.1, 0.15) is 88.5 Å². The highest BCUT2D eigenvalue weighted by atomic mass is 19.1. The molecule has 0 N–H and O–H groups in total. The van der Waals surface area contributed by atoms with Crippen molar-refractivity contribution in [1.82, 2.24) is 24.8 Å². The summed E-state index contributed by atoms with van der Waals surface area (Å²) >= 11 is 0. The van der Waals surface area contributed by atoms with Gasteiger partial charge in [-0.1, -0.05) is 51.0 Å². The first-order chi connectivity index (χ1) is 27.4. The number of piperazine rings is 1. The SMILES string of the molecule is C#Cc1c(F)ccc2cccc(-c3nc4c5c(nc(OC[C@@]67CCCN6C[C@H](F)C7)nc5c3F)N3C[C@H]5CC[C@@H]([C@H]3CCC4)N5Cc3oc(=O)oc3C(C)(C)C)c12. The van der Waals surface area contributed by atoms with Gasteiger partial charge in [-0.25, -0.2) is 22.9 Å². The number of aromatic nitrogens is 3. The second kappa shape index (κ2) is 13.3. The Balaban J connectivity index is 1.11. The number of hydrogen-bond acceptors (Lipinski definition) is 10. The van der Waals surface area contributed by atoms with Gasteiger partial charge in [-0.3, -0.25) is 9.80 Å². The molecule has 2 aromatic carbocycles. The predicted octanol–water partition coefficient (Wildman–Crippen LogP) is 7.46. The third-order valence-corrected chi connectivity index (χ3v) is 13.2. The summed E-state index contributed by atoms with van der Waals surface area (Å²) in [7, 11) is 0. The zero-order chi connectivity index (χ0) is 39.4. The number of pyridine rings is 1. The first kappa shape index (κ1) is 36.4. The van der Waals surface area contributed by atoms with Crippen LogP contribution in [0, 0.1) is 24.0 Å². The van der Waals surface area contributed by atoms with Crippen LogP contribution in [0.15, 0.2) is 44.0 Å². The Bertz CT molecular complexity index is 2540. The number of rotatable bonds is 6. The van der Waals surface area contributed by atoms with E-state index in [0.29, 0.717) is 77.2 Å². The van der Waals surface area contributed by atoms with Gasteiger partial charge in [0.05, 0.1) is 28.7 Å². The van der Waals surface area contributed by atoms with Gasteiger partial charge >= 0.3 is 11.8 Å². The first-order valence-electron chi connectivity index (χ1n) is 20.2. The molecule has 4 fully saturated rings. The largest absolute Gasteiger partial charge is 0.519 e. The van der Waals surface area contributed by atoms with E-state index >= 15 is 8.78 Å². The van der Waals surface area contributed by atoms with Crippen molar-refractivity contribution in [2.24, 2.45) is 0 Å². The summed E-state index contributed by atoms with van der Waals surface area (Å²) in [5, 5.41) is 1.61. The van der Waals surface area contributed by atoms with Crippen molar-refractivity contribution in [2.75, 3.05) is 31.1 Å². The number of terminal acetylenes is 1. The Morgan fingerprint density at radius 3 is 2.70 bits per heavy atom. The quantitative estimate of drug-likeness (QED) is 0.162. The van der Waals surface area contributed by atoms with Crippen LogP contribution in [0.25, 0.3) is 32.9 Å². The molecular formula is C44H45F3N6O4. The molecule has 2 bridgehead atoms. The maximum atomic E-state index is 17.5. The lowest BCUT2D eigenvalue weighted by Crippen LogP contribution is -2.60. The van der Waals surface area contributed by atoms with Crippen LogP contribution in [-0.4, -0.2) is 80.8 Å². The summed E-state index contributed by atoms with van der Waals surface area (Å²) in [4.78, 5) is 34.2. The Morgan fingerprint density at radius 1 is 1.02 bits per heavy atom. The minimum atomic E-state index is -0.936. The summed E-state index contributed by atoms with van der Waals surface area (Å²) < 4.78 is 65.1. The molecule has 3 aromatic heterocycles. The first-order valence-corrected chi connectivity index (χ1v) is 20.2. The van der Waals surface area contributed by atoms with Gasteiger partial charge in [0.1, 0.15) is 35.6 Å². The number of hydrogen-bond donors (Lipinski definition) is 0. The molecule has 0 amide bonds. The van der Waals surface area contributed by atoms with Crippen LogP contribution in [0.2, 0.25) is 0 Å². The van der Waals surface area contributed by atoms with E-state index in [1.165, 1.54) is 6.07 Å². The second-order valence-electron chi connectivity index (χ2n) is 17.6. The smallest absolute Gasteiger partial charge is 0.461 e. The molecule has 0 aliphatic carbocycles. The molecule has 0 radical (unpaired) electrons. The van der Waals surface area contributed by atoms with E-state index in [4.69, 9.17) is 34.9 Å². The molecule has 57 heavy (non-hydrogen) atoms. The molecule has 5 aliphatic heterocycles. The standard InChI is InChI=1S/C44H45F3N6O4/c1-5-27-29(46)15-13-24-9-6-10-28(34(24)27)37-36(47)38-35-30(48-37)11-7-12-31-32-16-14-26(52(32)22-33-39(43(2,3)4)57-42(54)56-33)21-53(31)40(35)50-41(49-38)55-23-44-17-8-18-51(44)20-25(45)19-44/h1,6,9-10,13,15,25-26,31-32H,7-8,11-12,14,16-23H2,2-4H3/t25-,26-,31-,32+,44+/m1/s1. The van der Waals surface area contributed by atoms with Crippen LogP contribution in [0.5, 0.6) is 6.01 Å². The fourth-order valence-electron chi connectivity index (χ4n) is 10.8. The van der Waals surface area contributed by atoms with Crippen LogP contribution >= 0.6 is 0 Å². The van der Waals surface area contributed by atoms with E-state index in [9.17, 15) is 9.18 Å². The van der Waals surface area contributed by atoms with Gasteiger partial charge in [0.15, 0.2) is 17.3 Å². The lowest BCUT2D eigenvalue weighted by molar-refractivity contribution is 0.106. The molecule has 13 heteroatoms. The van der Waals surface area contributed by atoms with Crippen LogP contribution in [0.4, 0.5) is 19.0 Å². The summed E-state index contributed by atoms with van der Waals surface area (Å²) in [6.45, 7) is 8.41. The summed E-state index contributed by atoms with van der Waals surface area (Å²) in [5.74, 6) is 2.22. The summed E-state index contributed by atoms with van der Waals surface area (Å²) in [6, 6.07) is 8.51. The lowest BCUT2D eigenvalue weighted by atomic mass is 9.90. The number of fused-ring (bicyclic) bond motifs is 7. The fourth-order valence-corrected chi connectivity index (χ4v) is 10.8. The van der Waals surface area contributed by atoms with E-state index in [2.05, 4.69) is 20.6 Å². The molecule has 10 nitrogen and oxygen atoms in total. The highest BCUT2D eigenvalue weighted by Crippen LogP contribution is 2.46. The number of aryl methyl sites for hydroxylation is 1. The average Bonchev–Trinajstić information content (AvgIpc) is 3.91. The number of alkyl halides is 1. The van der Waals surface area contributed by atoms with Crippen molar-refractivity contribution >= 4 is 27.5 Å². The molecule has 8 heterocycles. The highest BCUT2D eigenvalue weighted by Gasteiger charge is 2.51. The van der Waals surface area contributed by atoms with Crippen LogP contribution in [0.3, 0.4) is 0 Å². The zero-order valence-electron chi connectivity index (χ0n) is 32.4. The van der Waals surface area contributed by atoms with Gasteiger partial charge in [0, 0.05) is 54.0 Å². The van der Waals surface area contributed by atoms with E-state index < -0.39 is 34.6 Å². The van der Waals surface area contributed by atoms with Crippen LogP contribution in [-0.2, 0) is 18.4 Å². The number of ether oxygens (including phenoxy) is 1. The second-order valence-corrected chi connectivity index (χ2v) is 17.6. The van der Waals surface area contributed by atoms with Crippen molar-refractivity contribution in [1.29, 1.82) is 0 Å². The molecule has 0 saturated carbocycles. The third-order valence-electron chi connectivity index (χ3n) is 13.2. The molecule has 296 valence electrons. The highest BCUT2D eigenvalue weighted by molar-refractivity contribution is 6.02. The lowest BCUT2D eigenvalue weighted by Gasteiger charge is -2.48. The van der Waals surface area contributed by atoms with Gasteiger partial charge in [0.2, 0.25) is 0 Å². The van der Waals surface area contributed by atoms with E-state index in [1.807, 2.05) is 26.8 Å². The molecule has 4 saturated heterocycles. The van der Waals surface area contributed by atoms with Gasteiger partial charge < -0.3 is 18.5 Å². The van der Waals surface area contributed by atoms with E-state index in [0.717, 1.165) is 45.1 Å². The van der Waals surface area contributed by atoms with Gasteiger partial charge in [0.25, 0.3) is 0 Å². The monoisotopic (exact) mass is 778 g/mol.